The zero-order valence-electron chi connectivity index (χ0n) is 15.9. The lowest BCUT2D eigenvalue weighted by molar-refractivity contribution is -0.120. The molecule has 0 spiro atoms. The molecule has 1 aliphatic rings. The van der Waals surface area contributed by atoms with Gasteiger partial charge in [0.05, 0.1) is 25.2 Å². The van der Waals surface area contributed by atoms with Crippen LogP contribution in [0, 0.1) is 0 Å². The van der Waals surface area contributed by atoms with Gasteiger partial charge in [0.15, 0.2) is 0 Å². The molecule has 0 saturated heterocycles. The SMILES string of the molecule is COc1ccc(CNC(=O)Cc2ccc(C(=O)O)cc2)c(OC2CCCC2)c1. The fourth-order valence-electron chi connectivity index (χ4n) is 3.31. The molecule has 0 aromatic heterocycles. The fourth-order valence-corrected chi connectivity index (χ4v) is 3.31. The van der Waals surface area contributed by atoms with Gasteiger partial charge in [0.2, 0.25) is 5.91 Å². The minimum atomic E-state index is -0.981. The van der Waals surface area contributed by atoms with Crippen molar-refractivity contribution in [2.75, 3.05) is 7.11 Å². The molecule has 2 aromatic rings. The molecule has 0 bridgehead atoms. The summed E-state index contributed by atoms with van der Waals surface area (Å²) in [7, 11) is 1.62. The van der Waals surface area contributed by atoms with Gasteiger partial charge in [0, 0.05) is 18.2 Å². The van der Waals surface area contributed by atoms with Crippen molar-refractivity contribution < 1.29 is 24.2 Å². The van der Waals surface area contributed by atoms with Crippen LogP contribution in [-0.4, -0.2) is 30.2 Å². The number of carbonyl (C=O) groups is 2. The van der Waals surface area contributed by atoms with E-state index in [0.717, 1.165) is 35.5 Å². The second kappa shape index (κ2) is 9.26. The number of hydrogen-bond acceptors (Lipinski definition) is 4. The van der Waals surface area contributed by atoms with Gasteiger partial charge in [-0.05, 0) is 55.5 Å². The van der Waals surface area contributed by atoms with Gasteiger partial charge in [-0.3, -0.25) is 4.79 Å². The molecule has 0 atom stereocenters. The van der Waals surface area contributed by atoms with Crippen LogP contribution >= 0.6 is 0 Å². The average Bonchev–Trinajstić information content (AvgIpc) is 3.20. The molecule has 0 heterocycles. The molecular formula is C22H25NO5. The van der Waals surface area contributed by atoms with E-state index in [1.807, 2.05) is 18.2 Å². The zero-order valence-corrected chi connectivity index (χ0v) is 15.9. The van der Waals surface area contributed by atoms with Crippen molar-refractivity contribution in [3.63, 3.8) is 0 Å². The van der Waals surface area contributed by atoms with Crippen LogP contribution in [0.3, 0.4) is 0 Å². The Morgan fingerprint density at radius 1 is 1.11 bits per heavy atom. The molecule has 6 nitrogen and oxygen atoms in total. The number of rotatable bonds is 8. The summed E-state index contributed by atoms with van der Waals surface area (Å²) in [6, 6.07) is 11.9. The third-order valence-corrected chi connectivity index (χ3v) is 4.91. The van der Waals surface area contributed by atoms with Crippen molar-refractivity contribution in [1.82, 2.24) is 5.32 Å². The highest BCUT2D eigenvalue weighted by Gasteiger charge is 2.18. The number of carboxylic acids is 1. The van der Waals surface area contributed by atoms with E-state index in [1.54, 1.807) is 19.2 Å². The van der Waals surface area contributed by atoms with Gasteiger partial charge < -0.3 is 19.9 Å². The van der Waals surface area contributed by atoms with Crippen LogP contribution in [0.1, 0.15) is 47.2 Å². The minimum Gasteiger partial charge on any atom is -0.497 e. The number of carboxylic acid groups (broad SMARTS) is 1. The lowest BCUT2D eigenvalue weighted by atomic mass is 10.1. The van der Waals surface area contributed by atoms with E-state index in [2.05, 4.69) is 5.32 Å². The molecule has 0 radical (unpaired) electrons. The van der Waals surface area contributed by atoms with E-state index in [-0.39, 0.29) is 24.0 Å². The number of benzene rings is 2. The third kappa shape index (κ3) is 5.25. The van der Waals surface area contributed by atoms with Gasteiger partial charge in [0.25, 0.3) is 0 Å². The van der Waals surface area contributed by atoms with Crippen LogP contribution in [0.2, 0.25) is 0 Å². The fraction of sp³-hybridized carbons (Fsp3) is 0.364. The Morgan fingerprint density at radius 2 is 1.82 bits per heavy atom. The average molecular weight is 383 g/mol. The van der Waals surface area contributed by atoms with Gasteiger partial charge in [-0.15, -0.1) is 0 Å². The first kappa shape index (κ1) is 19.7. The molecule has 0 unspecified atom stereocenters. The van der Waals surface area contributed by atoms with Crippen molar-refractivity contribution in [3.05, 3.63) is 59.2 Å². The molecule has 1 fully saturated rings. The number of amides is 1. The Morgan fingerprint density at radius 3 is 2.46 bits per heavy atom. The molecule has 3 rings (SSSR count). The molecule has 2 aromatic carbocycles. The molecule has 148 valence electrons. The predicted octanol–water partition coefficient (Wildman–Crippen LogP) is 3.57. The van der Waals surface area contributed by atoms with Crippen LogP contribution in [0.4, 0.5) is 0 Å². The number of hydrogen-bond donors (Lipinski definition) is 2. The highest BCUT2D eigenvalue weighted by molar-refractivity contribution is 5.87. The molecule has 0 aliphatic heterocycles. The topological polar surface area (TPSA) is 84.9 Å². The number of methoxy groups -OCH3 is 1. The molecule has 28 heavy (non-hydrogen) atoms. The van der Waals surface area contributed by atoms with Gasteiger partial charge in [0.1, 0.15) is 11.5 Å². The highest BCUT2D eigenvalue weighted by Crippen LogP contribution is 2.30. The van der Waals surface area contributed by atoms with Gasteiger partial charge >= 0.3 is 5.97 Å². The quantitative estimate of drug-likeness (QED) is 0.728. The number of ether oxygens (including phenoxy) is 2. The summed E-state index contributed by atoms with van der Waals surface area (Å²) >= 11 is 0. The molecular weight excluding hydrogens is 358 g/mol. The molecule has 1 aliphatic carbocycles. The van der Waals surface area contributed by atoms with Gasteiger partial charge in [-0.2, -0.15) is 0 Å². The standard InChI is InChI=1S/C22H25NO5/c1-27-19-11-10-17(20(13-19)28-18-4-2-3-5-18)14-23-21(24)12-15-6-8-16(9-7-15)22(25)26/h6-11,13,18H,2-5,12,14H2,1H3,(H,23,24)(H,25,26). The summed E-state index contributed by atoms with van der Waals surface area (Å²) in [6.45, 7) is 0.359. The van der Waals surface area contributed by atoms with Crippen molar-refractivity contribution in [3.8, 4) is 11.5 Å². The summed E-state index contributed by atoms with van der Waals surface area (Å²) in [5.41, 5.74) is 1.87. The Hall–Kier alpha value is -3.02. The maximum atomic E-state index is 12.3. The van der Waals surface area contributed by atoms with Crippen molar-refractivity contribution >= 4 is 11.9 Å². The summed E-state index contributed by atoms with van der Waals surface area (Å²) < 4.78 is 11.4. The van der Waals surface area contributed by atoms with E-state index in [1.165, 1.54) is 25.0 Å². The van der Waals surface area contributed by atoms with Crippen LogP contribution in [0.25, 0.3) is 0 Å². The molecule has 2 N–H and O–H groups in total. The number of nitrogens with one attached hydrogen (secondary N) is 1. The van der Waals surface area contributed by atoms with E-state index >= 15 is 0 Å². The van der Waals surface area contributed by atoms with Crippen molar-refractivity contribution in [2.24, 2.45) is 0 Å². The largest absolute Gasteiger partial charge is 0.497 e. The summed E-state index contributed by atoms with van der Waals surface area (Å²) in [5.74, 6) is 0.356. The van der Waals surface area contributed by atoms with E-state index < -0.39 is 5.97 Å². The molecule has 1 saturated carbocycles. The van der Waals surface area contributed by atoms with E-state index in [9.17, 15) is 9.59 Å². The Balaban J connectivity index is 1.60. The van der Waals surface area contributed by atoms with Gasteiger partial charge in [-0.1, -0.05) is 12.1 Å². The Bertz CT molecular complexity index is 825. The minimum absolute atomic E-state index is 0.134. The highest BCUT2D eigenvalue weighted by atomic mass is 16.5. The third-order valence-electron chi connectivity index (χ3n) is 4.91. The lowest BCUT2D eigenvalue weighted by Crippen LogP contribution is -2.25. The van der Waals surface area contributed by atoms with Crippen LogP contribution in [0.5, 0.6) is 11.5 Å². The maximum Gasteiger partial charge on any atom is 0.335 e. The Labute approximate surface area is 164 Å². The van der Waals surface area contributed by atoms with Crippen LogP contribution < -0.4 is 14.8 Å². The maximum absolute atomic E-state index is 12.3. The first-order valence-electron chi connectivity index (χ1n) is 9.47. The second-order valence-electron chi connectivity index (χ2n) is 6.95. The first-order valence-corrected chi connectivity index (χ1v) is 9.47. The monoisotopic (exact) mass is 383 g/mol. The normalized spacial score (nSPS) is 13.9. The first-order chi connectivity index (χ1) is 13.5. The predicted molar refractivity (Wildman–Crippen MR) is 105 cm³/mol. The number of carbonyl (C=O) groups excluding carboxylic acids is 1. The molecule has 1 amide bonds. The second-order valence-corrected chi connectivity index (χ2v) is 6.95. The smallest absolute Gasteiger partial charge is 0.335 e. The van der Waals surface area contributed by atoms with Crippen LogP contribution in [-0.2, 0) is 17.8 Å². The number of aromatic carboxylic acids is 1. The van der Waals surface area contributed by atoms with Crippen molar-refractivity contribution in [2.45, 2.75) is 44.8 Å². The molecule has 6 heteroatoms. The van der Waals surface area contributed by atoms with E-state index in [0.29, 0.717) is 6.54 Å². The van der Waals surface area contributed by atoms with Crippen molar-refractivity contribution in [1.29, 1.82) is 0 Å². The summed E-state index contributed by atoms with van der Waals surface area (Å²) in [4.78, 5) is 23.2. The lowest BCUT2D eigenvalue weighted by Gasteiger charge is -2.18. The summed E-state index contributed by atoms with van der Waals surface area (Å²) in [6.07, 6.45) is 4.87. The summed E-state index contributed by atoms with van der Waals surface area (Å²) in [5, 5.41) is 11.8. The van der Waals surface area contributed by atoms with Gasteiger partial charge in [-0.25, -0.2) is 4.79 Å². The van der Waals surface area contributed by atoms with E-state index in [4.69, 9.17) is 14.6 Å². The zero-order chi connectivity index (χ0) is 19.9. The Kier molecular flexibility index (Phi) is 6.53. The van der Waals surface area contributed by atoms with Crippen LogP contribution in [0.15, 0.2) is 42.5 Å².